The van der Waals surface area contributed by atoms with Crippen LogP contribution in [0.2, 0.25) is 0 Å². The van der Waals surface area contributed by atoms with Crippen LogP contribution in [0.15, 0.2) is 48.0 Å². The average molecular weight is 340 g/mol. The average Bonchev–Trinajstić information content (AvgIpc) is 2.61. The second kappa shape index (κ2) is 6.99. The predicted octanol–water partition coefficient (Wildman–Crippen LogP) is 3.29. The van der Waals surface area contributed by atoms with Gasteiger partial charge in [0, 0.05) is 5.56 Å². The first-order valence-electron chi connectivity index (χ1n) is 8.09. The summed E-state index contributed by atoms with van der Waals surface area (Å²) in [5.74, 6) is 0.536. The molecule has 0 radical (unpaired) electrons. The molecule has 2 aromatic rings. The van der Waals surface area contributed by atoms with Gasteiger partial charge in [0.25, 0.3) is 0 Å². The fourth-order valence-electron chi connectivity index (χ4n) is 2.85. The number of ether oxygens (including phenoxy) is 1. The molecule has 0 aromatic heterocycles. The van der Waals surface area contributed by atoms with E-state index in [0.717, 1.165) is 11.1 Å². The van der Waals surface area contributed by atoms with Gasteiger partial charge in [0.05, 0.1) is 18.6 Å². The lowest BCUT2D eigenvalue weighted by Gasteiger charge is -2.27. The second-order valence-electron chi connectivity index (χ2n) is 6.18. The number of benzene rings is 2. The molecule has 1 heterocycles. The van der Waals surface area contributed by atoms with Crippen LogP contribution >= 0.6 is 0 Å². The smallest absolute Gasteiger partial charge is 0.170 e. The van der Waals surface area contributed by atoms with Gasteiger partial charge in [-0.3, -0.25) is 4.79 Å². The molecule has 0 amide bonds. The highest BCUT2D eigenvalue weighted by atomic mass is 16.5. The number of hydrogen-bond acceptors (Lipinski definition) is 5. The van der Waals surface area contributed by atoms with Crippen LogP contribution in [0.25, 0.3) is 0 Å². The Labute approximate surface area is 145 Å². The van der Waals surface area contributed by atoms with E-state index in [9.17, 15) is 15.0 Å². The number of carbonyl (C=O) groups excluding carboxylic acids is 1. The third kappa shape index (κ3) is 3.51. The van der Waals surface area contributed by atoms with Crippen molar-refractivity contribution in [2.75, 3.05) is 6.61 Å². The van der Waals surface area contributed by atoms with Crippen molar-refractivity contribution in [1.82, 2.24) is 0 Å². The lowest BCUT2D eigenvalue weighted by molar-refractivity contribution is 0.0847. The van der Waals surface area contributed by atoms with Crippen molar-refractivity contribution in [2.24, 2.45) is 0 Å². The first-order valence-corrected chi connectivity index (χ1v) is 8.09. The molecule has 25 heavy (non-hydrogen) atoms. The monoisotopic (exact) mass is 340 g/mol. The van der Waals surface area contributed by atoms with Gasteiger partial charge in [-0.15, -0.1) is 0 Å². The number of carbonyl (C=O) groups is 1. The predicted molar refractivity (Wildman–Crippen MR) is 93.1 cm³/mol. The minimum Gasteiger partial charge on any atom is -0.508 e. The Morgan fingerprint density at radius 2 is 1.92 bits per heavy atom. The SMILES string of the molecule is C/C(=C\Cc1c(O)ccc2c1O[C@H](c1ccc(O)cc1)CC2=O)CO. The number of aliphatic hydroxyl groups excluding tert-OH is 1. The molecule has 3 N–H and O–H groups in total. The first kappa shape index (κ1) is 17.0. The molecule has 0 saturated carbocycles. The van der Waals surface area contributed by atoms with Gasteiger partial charge >= 0.3 is 0 Å². The highest BCUT2D eigenvalue weighted by molar-refractivity contribution is 6.00. The Morgan fingerprint density at radius 3 is 2.60 bits per heavy atom. The number of aliphatic hydroxyl groups is 1. The van der Waals surface area contributed by atoms with E-state index in [4.69, 9.17) is 9.84 Å². The standard InChI is InChI=1S/C20H20O5/c1-12(11-21)2-7-15-17(23)9-8-16-18(24)10-19(25-20(15)16)13-3-5-14(22)6-4-13/h2-6,8-9,19,21-23H,7,10-11H2,1H3/b12-2+/t19-/m0/s1. The zero-order valence-corrected chi connectivity index (χ0v) is 13.9. The number of phenolic OH excluding ortho intramolecular Hbond substituents is 2. The van der Waals surface area contributed by atoms with Crippen molar-refractivity contribution in [3.05, 3.63) is 64.7 Å². The number of hydrogen-bond donors (Lipinski definition) is 3. The summed E-state index contributed by atoms with van der Waals surface area (Å²) in [7, 11) is 0. The van der Waals surface area contributed by atoms with Crippen molar-refractivity contribution in [3.63, 3.8) is 0 Å². The highest BCUT2D eigenvalue weighted by Gasteiger charge is 2.30. The van der Waals surface area contributed by atoms with Gasteiger partial charge in [0.1, 0.15) is 23.4 Å². The first-order chi connectivity index (χ1) is 12.0. The lowest BCUT2D eigenvalue weighted by atomic mass is 9.93. The van der Waals surface area contributed by atoms with E-state index in [0.29, 0.717) is 23.3 Å². The maximum Gasteiger partial charge on any atom is 0.170 e. The molecule has 5 nitrogen and oxygen atoms in total. The van der Waals surface area contributed by atoms with E-state index in [1.165, 1.54) is 6.07 Å². The number of aromatic hydroxyl groups is 2. The topological polar surface area (TPSA) is 87.0 Å². The molecule has 2 aromatic carbocycles. The summed E-state index contributed by atoms with van der Waals surface area (Å²) in [6, 6.07) is 9.61. The van der Waals surface area contributed by atoms with Gasteiger partial charge in [-0.2, -0.15) is 0 Å². The van der Waals surface area contributed by atoms with Crippen molar-refractivity contribution in [3.8, 4) is 17.2 Å². The molecule has 3 rings (SSSR count). The number of rotatable bonds is 4. The summed E-state index contributed by atoms with van der Waals surface area (Å²) in [5.41, 5.74) is 2.54. The Kier molecular flexibility index (Phi) is 4.76. The molecule has 0 aliphatic carbocycles. The Bertz CT molecular complexity index is 821. The Balaban J connectivity index is 1.99. The van der Waals surface area contributed by atoms with Crippen molar-refractivity contribution < 1.29 is 24.9 Å². The van der Waals surface area contributed by atoms with Crippen molar-refractivity contribution in [1.29, 1.82) is 0 Å². The van der Waals surface area contributed by atoms with E-state index in [2.05, 4.69) is 0 Å². The van der Waals surface area contributed by atoms with E-state index in [1.807, 2.05) is 0 Å². The zero-order chi connectivity index (χ0) is 18.0. The van der Waals surface area contributed by atoms with Gasteiger partial charge in [0.15, 0.2) is 5.78 Å². The highest BCUT2D eigenvalue weighted by Crippen LogP contribution is 2.41. The molecule has 0 bridgehead atoms. The van der Waals surface area contributed by atoms with Gasteiger partial charge in [-0.25, -0.2) is 0 Å². The fraction of sp³-hybridized carbons (Fsp3) is 0.250. The van der Waals surface area contributed by atoms with Crippen LogP contribution in [-0.2, 0) is 6.42 Å². The zero-order valence-electron chi connectivity index (χ0n) is 13.9. The van der Waals surface area contributed by atoms with E-state index in [1.54, 1.807) is 43.3 Å². The van der Waals surface area contributed by atoms with E-state index in [-0.39, 0.29) is 30.3 Å². The van der Waals surface area contributed by atoms with Crippen LogP contribution < -0.4 is 4.74 Å². The third-order valence-electron chi connectivity index (χ3n) is 4.34. The maximum absolute atomic E-state index is 12.5. The summed E-state index contributed by atoms with van der Waals surface area (Å²) in [6.07, 6.45) is 1.89. The van der Waals surface area contributed by atoms with Gasteiger partial charge in [-0.05, 0) is 43.2 Å². The number of ketones is 1. The normalized spacial score (nSPS) is 17.1. The van der Waals surface area contributed by atoms with Gasteiger partial charge in [0.2, 0.25) is 0 Å². The van der Waals surface area contributed by atoms with Crippen LogP contribution in [0, 0.1) is 0 Å². The molecule has 1 atom stereocenters. The largest absolute Gasteiger partial charge is 0.508 e. The molecule has 0 saturated heterocycles. The van der Waals surface area contributed by atoms with E-state index < -0.39 is 6.10 Å². The molecule has 0 fully saturated rings. The molecule has 1 aliphatic rings. The van der Waals surface area contributed by atoms with Crippen LogP contribution in [0.3, 0.4) is 0 Å². The van der Waals surface area contributed by atoms with Crippen molar-refractivity contribution >= 4 is 5.78 Å². The van der Waals surface area contributed by atoms with Gasteiger partial charge in [-0.1, -0.05) is 23.8 Å². The quantitative estimate of drug-likeness (QED) is 0.744. The minimum atomic E-state index is -0.468. The van der Waals surface area contributed by atoms with Crippen LogP contribution in [0.1, 0.15) is 40.9 Å². The number of phenols is 2. The Hall–Kier alpha value is -2.79. The molecule has 0 spiro atoms. The van der Waals surface area contributed by atoms with E-state index >= 15 is 0 Å². The summed E-state index contributed by atoms with van der Waals surface area (Å²) in [4.78, 5) is 12.5. The minimum absolute atomic E-state index is 0.0524. The second-order valence-corrected chi connectivity index (χ2v) is 6.18. The summed E-state index contributed by atoms with van der Waals surface area (Å²) in [5, 5.41) is 28.8. The Morgan fingerprint density at radius 1 is 1.20 bits per heavy atom. The third-order valence-corrected chi connectivity index (χ3v) is 4.34. The number of allylic oxidation sites excluding steroid dienone is 1. The molecule has 0 unspecified atom stereocenters. The van der Waals surface area contributed by atoms with Crippen LogP contribution in [-0.4, -0.2) is 27.7 Å². The molecular formula is C20H20O5. The van der Waals surface area contributed by atoms with Crippen molar-refractivity contribution in [2.45, 2.75) is 25.9 Å². The summed E-state index contributed by atoms with van der Waals surface area (Å²) >= 11 is 0. The number of Topliss-reactive ketones (excluding diaryl/α,β-unsaturated/α-hetero) is 1. The van der Waals surface area contributed by atoms with Crippen LogP contribution in [0.4, 0.5) is 0 Å². The fourth-order valence-corrected chi connectivity index (χ4v) is 2.85. The number of fused-ring (bicyclic) bond motifs is 1. The van der Waals surface area contributed by atoms with Crippen LogP contribution in [0.5, 0.6) is 17.2 Å². The summed E-state index contributed by atoms with van der Waals surface area (Å²) in [6.45, 7) is 1.73. The maximum atomic E-state index is 12.5. The molecule has 1 aliphatic heterocycles. The molecular weight excluding hydrogens is 320 g/mol. The van der Waals surface area contributed by atoms with Gasteiger partial charge < -0.3 is 20.1 Å². The lowest BCUT2D eigenvalue weighted by Crippen LogP contribution is -2.21. The molecule has 130 valence electrons. The molecule has 5 heteroatoms. The summed E-state index contributed by atoms with van der Waals surface area (Å²) < 4.78 is 6.05.